The van der Waals surface area contributed by atoms with Crippen molar-refractivity contribution in [2.45, 2.75) is 12.8 Å². The van der Waals surface area contributed by atoms with Gasteiger partial charge < -0.3 is 10.2 Å². The molecule has 0 spiro atoms. The van der Waals surface area contributed by atoms with Crippen molar-refractivity contribution < 1.29 is 13.2 Å². The van der Waals surface area contributed by atoms with E-state index in [2.05, 4.69) is 24.3 Å². The molecule has 0 aliphatic carbocycles. The van der Waals surface area contributed by atoms with Crippen LogP contribution in [0.2, 0.25) is 0 Å². The fraction of sp³-hybridized carbons (Fsp3) is 0.357. The van der Waals surface area contributed by atoms with Crippen molar-refractivity contribution in [1.82, 2.24) is 4.72 Å². The number of anilines is 2. The van der Waals surface area contributed by atoms with Crippen molar-refractivity contribution in [2.24, 2.45) is 9.39 Å². The van der Waals surface area contributed by atoms with Crippen molar-refractivity contribution in [2.75, 3.05) is 30.4 Å². The summed E-state index contributed by atoms with van der Waals surface area (Å²) in [5.41, 5.74) is 1.74. The maximum Gasteiger partial charge on any atom is 0.345 e. The fourth-order valence-electron chi connectivity index (χ4n) is 2.50. The number of carbonyl (C=O) groups is 1. The number of Topliss-reactive ketones (excluding diaryl/α,β-unsaturated/α-hetero) is 1. The lowest BCUT2D eigenvalue weighted by atomic mass is 10.1. The minimum absolute atomic E-state index is 0.170. The zero-order chi connectivity index (χ0) is 16.4. The number of carbonyl (C=O) groups excluding carboxylic acids is 1. The number of benzene rings is 1. The zero-order valence-electron chi connectivity index (χ0n) is 12.6. The molecule has 1 saturated heterocycles. The molecule has 0 radical (unpaired) electrons. The summed E-state index contributed by atoms with van der Waals surface area (Å²) in [6.07, 6.45) is 1.16. The predicted octanol–water partition coefficient (Wildman–Crippen LogP) is 0.543. The summed E-state index contributed by atoms with van der Waals surface area (Å²) in [6, 6.07) is 7.54. The molecule has 8 nitrogen and oxygen atoms in total. The number of hydrogen-bond acceptors (Lipinski definition) is 6. The second-order valence-electron chi connectivity index (χ2n) is 5.29. The Labute approximate surface area is 134 Å². The Balaban J connectivity index is 1.72. The summed E-state index contributed by atoms with van der Waals surface area (Å²) in [7, 11) is -2.22. The van der Waals surface area contributed by atoms with Crippen molar-refractivity contribution >= 4 is 39.0 Å². The minimum atomic E-state index is -3.70. The van der Waals surface area contributed by atoms with E-state index in [1.807, 2.05) is 24.3 Å². The van der Waals surface area contributed by atoms with Gasteiger partial charge in [0.25, 0.3) is 0 Å². The summed E-state index contributed by atoms with van der Waals surface area (Å²) >= 11 is 0. The van der Waals surface area contributed by atoms with E-state index in [-0.39, 0.29) is 11.7 Å². The monoisotopic (exact) mass is 335 g/mol. The first kappa shape index (κ1) is 15.5. The van der Waals surface area contributed by atoms with Gasteiger partial charge in [-0.2, -0.15) is 8.42 Å². The number of rotatable bonds is 2. The molecule has 9 heteroatoms. The molecule has 2 aliphatic rings. The van der Waals surface area contributed by atoms with Crippen molar-refractivity contribution in [3.8, 4) is 0 Å². The molecule has 0 unspecified atom stereocenters. The Morgan fingerprint density at radius 3 is 2.48 bits per heavy atom. The number of piperidine rings is 1. The first-order valence-electron chi connectivity index (χ1n) is 7.20. The van der Waals surface area contributed by atoms with E-state index in [0.717, 1.165) is 18.8 Å². The summed E-state index contributed by atoms with van der Waals surface area (Å²) in [6.45, 7) is 1.46. The largest absolute Gasteiger partial charge is 0.371 e. The third-order valence-electron chi connectivity index (χ3n) is 3.70. The molecule has 2 aliphatic heterocycles. The molecule has 0 saturated carbocycles. The lowest BCUT2D eigenvalue weighted by molar-refractivity contribution is -0.119. The van der Waals surface area contributed by atoms with Crippen LogP contribution in [0.3, 0.4) is 0 Å². The molecule has 0 amide bonds. The number of hydrogen-bond donors (Lipinski definition) is 2. The van der Waals surface area contributed by atoms with Crippen LogP contribution in [0.4, 0.5) is 11.4 Å². The minimum Gasteiger partial charge on any atom is -0.371 e. The van der Waals surface area contributed by atoms with Crippen LogP contribution in [0.25, 0.3) is 0 Å². The third-order valence-corrected chi connectivity index (χ3v) is 4.58. The van der Waals surface area contributed by atoms with Crippen LogP contribution in [0, 0.1) is 0 Å². The number of nitrogens with one attached hydrogen (secondary N) is 2. The molecular weight excluding hydrogens is 318 g/mol. The van der Waals surface area contributed by atoms with Gasteiger partial charge in [0.1, 0.15) is 5.78 Å². The van der Waals surface area contributed by atoms with Gasteiger partial charge in [-0.3, -0.25) is 9.79 Å². The molecular formula is C14H17N5O3S. The van der Waals surface area contributed by atoms with E-state index in [9.17, 15) is 13.2 Å². The Hall–Kier alpha value is -2.42. The van der Waals surface area contributed by atoms with Crippen molar-refractivity contribution in [1.29, 1.82) is 0 Å². The van der Waals surface area contributed by atoms with Crippen LogP contribution in [0.15, 0.2) is 33.7 Å². The second-order valence-corrected chi connectivity index (χ2v) is 6.62. The van der Waals surface area contributed by atoms with Crippen LogP contribution in [0.1, 0.15) is 12.8 Å². The van der Waals surface area contributed by atoms with E-state index in [0.29, 0.717) is 24.3 Å². The van der Waals surface area contributed by atoms with E-state index in [4.69, 9.17) is 0 Å². The Morgan fingerprint density at radius 2 is 1.87 bits per heavy atom. The van der Waals surface area contributed by atoms with Gasteiger partial charge in [0.15, 0.2) is 11.7 Å². The van der Waals surface area contributed by atoms with Gasteiger partial charge in [0, 0.05) is 44.4 Å². The third kappa shape index (κ3) is 3.50. The predicted molar refractivity (Wildman–Crippen MR) is 89.4 cm³/mol. The summed E-state index contributed by atoms with van der Waals surface area (Å²) in [4.78, 5) is 17.3. The molecule has 23 heavy (non-hydrogen) atoms. The Bertz CT molecular complexity index is 773. The van der Waals surface area contributed by atoms with Crippen LogP contribution < -0.4 is 14.9 Å². The fourth-order valence-corrected chi connectivity index (χ4v) is 3.35. The van der Waals surface area contributed by atoms with Crippen molar-refractivity contribution in [3.63, 3.8) is 0 Å². The number of amidine groups is 2. The van der Waals surface area contributed by atoms with Gasteiger partial charge in [-0.05, 0) is 24.3 Å². The highest BCUT2D eigenvalue weighted by molar-refractivity contribution is 7.89. The molecule has 1 fully saturated rings. The van der Waals surface area contributed by atoms with E-state index in [1.54, 1.807) is 0 Å². The molecule has 2 heterocycles. The average Bonchev–Trinajstić information content (AvgIpc) is 2.83. The zero-order valence-corrected chi connectivity index (χ0v) is 13.4. The van der Waals surface area contributed by atoms with Gasteiger partial charge in [0.05, 0.1) is 0 Å². The van der Waals surface area contributed by atoms with Crippen LogP contribution in [0.5, 0.6) is 0 Å². The van der Waals surface area contributed by atoms with Crippen LogP contribution in [-0.4, -0.2) is 46.0 Å². The molecule has 3 rings (SSSR count). The number of nitrogens with zero attached hydrogens (tertiary/aromatic N) is 3. The molecule has 1 aromatic rings. The van der Waals surface area contributed by atoms with Gasteiger partial charge in [0.2, 0.25) is 0 Å². The smallest absolute Gasteiger partial charge is 0.345 e. The highest BCUT2D eigenvalue weighted by Crippen LogP contribution is 2.21. The van der Waals surface area contributed by atoms with Gasteiger partial charge >= 0.3 is 10.2 Å². The molecule has 0 aromatic heterocycles. The lowest BCUT2D eigenvalue weighted by Crippen LogP contribution is -2.33. The topological polar surface area (TPSA) is 103 Å². The molecule has 0 bridgehead atoms. The average molecular weight is 335 g/mol. The molecule has 2 N–H and O–H groups in total. The lowest BCUT2D eigenvalue weighted by Gasteiger charge is -2.28. The van der Waals surface area contributed by atoms with Gasteiger partial charge in [-0.25, -0.2) is 4.72 Å². The standard InChI is InChI=1S/C14H17N5O3S/c1-15-13-14(18-23(21,22)17-13)16-10-2-4-11(5-3-10)19-8-6-12(20)7-9-19/h2-5H,6-9H2,1H3,(H,15,17)(H,16,18). The highest BCUT2D eigenvalue weighted by atomic mass is 32.2. The molecule has 122 valence electrons. The summed E-state index contributed by atoms with van der Waals surface area (Å²) < 4.78 is 28.7. The Morgan fingerprint density at radius 1 is 1.22 bits per heavy atom. The molecule has 0 atom stereocenters. The summed E-state index contributed by atoms with van der Waals surface area (Å²) in [5.74, 6) is 0.659. The Kier molecular flexibility index (Phi) is 4.03. The maximum absolute atomic E-state index is 11.4. The first-order chi connectivity index (χ1) is 11.0. The van der Waals surface area contributed by atoms with Gasteiger partial charge in [-0.1, -0.05) is 0 Å². The molecule has 1 aromatic carbocycles. The summed E-state index contributed by atoms with van der Waals surface area (Å²) in [5, 5.41) is 2.94. The van der Waals surface area contributed by atoms with Crippen LogP contribution in [-0.2, 0) is 15.0 Å². The maximum atomic E-state index is 11.4. The normalized spacial score (nSPS) is 22.0. The van der Waals surface area contributed by atoms with E-state index >= 15 is 0 Å². The first-order valence-corrected chi connectivity index (χ1v) is 8.64. The second kappa shape index (κ2) is 5.99. The number of aliphatic imine (C=N–C) groups is 1. The quantitative estimate of drug-likeness (QED) is 0.821. The number of ketones is 1. The van der Waals surface area contributed by atoms with Gasteiger partial charge in [-0.15, -0.1) is 4.40 Å². The van der Waals surface area contributed by atoms with Crippen LogP contribution >= 0.6 is 0 Å². The van der Waals surface area contributed by atoms with E-state index in [1.165, 1.54) is 7.05 Å². The highest BCUT2D eigenvalue weighted by Gasteiger charge is 2.25. The van der Waals surface area contributed by atoms with E-state index < -0.39 is 10.2 Å². The van der Waals surface area contributed by atoms with Crippen molar-refractivity contribution in [3.05, 3.63) is 24.3 Å². The SMILES string of the molecule is CN=C1NS(=O)(=O)N=C1Nc1ccc(N2CCC(=O)CC2)cc1.